The number of carbonyl (C=O) groups excluding carboxylic acids is 1. The Morgan fingerprint density at radius 1 is 1.21 bits per heavy atom. The molecule has 1 unspecified atom stereocenters. The first-order chi connectivity index (χ1) is 14.0. The van der Waals surface area contributed by atoms with E-state index in [1.165, 1.54) is 36.0 Å². The number of aromatic nitrogens is 2. The van der Waals surface area contributed by atoms with E-state index in [0.717, 1.165) is 0 Å². The minimum atomic E-state index is -0.480. The molecule has 0 aliphatic rings. The van der Waals surface area contributed by atoms with Crippen molar-refractivity contribution in [1.82, 2.24) is 9.55 Å². The van der Waals surface area contributed by atoms with Crippen LogP contribution in [-0.2, 0) is 11.3 Å². The van der Waals surface area contributed by atoms with Crippen molar-refractivity contribution < 1.29 is 13.9 Å². The van der Waals surface area contributed by atoms with E-state index in [0.29, 0.717) is 47.8 Å². The van der Waals surface area contributed by atoms with E-state index in [1.54, 1.807) is 23.6 Å². The average Bonchev–Trinajstić information content (AvgIpc) is 2.73. The van der Waals surface area contributed by atoms with E-state index in [1.807, 2.05) is 19.1 Å². The van der Waals surface area contributed by atoms with Gasteiger partial charge in [0.2, 0.25) is 0 Å². The van der Waals surface area contributed by atoms with Gasteiger partial charge in [-0.2, -0.15) is 0 Å². The van der Waals surface area contributed by atoms with Crippen molar-refractivity contribution in [2.75, 3.05) is 13.2 Å². The second kappa shape index (κ2) is 9.80. The van der Waals surface area contributed by atoms with E-state index in [9.17, 15) is 14.0 Å². The zero-order valence-electron chi connectivity index (χ0n) is 16.4. The van der Waals surface area contributed by atoms with Crippen LogP contribution in [0.2, 0.25) is 0 Å². The highest BCUT2D eigenvalue weighted by Crippen LogP contribution is 2.25. The van der Waals surface area contributed by atoms with Crippen molar-refractivity contribution in [3.05, 3.63) is 70.3 Å². The number of thioether (sulfide) groups is 1. The summed E-state index contributed by atoms with van der Waals surface area (Å²) in [5, 5.41) is 0.561. The molecule has 0 saturated heterocycles. The zero-order chi connectivity index (χ0) is 20.8. The van der Waals surface area contributed by atoms with Crippen LogP contribution in [-0.4, -0.2) is 33.8 Å². The van der Waals surface area contributed by atoms with Gasteiger partial charge in [-0.15, -0.1) is 0 Å². The number of benzene rings is 2. The van der Waals surface area contributed by atoms with Crippen LogP contribution in [0.5, 0.6) is 0 Å². The molecule has 0 aliphatic heterocycles. The summed E-state index contributed by atoms with van der Waals surface area (Å²) in [6.45, 7) is 5.31. The number of nitrogens with zero attached hydrogens (tertiary/aromatic N) is 2. The number of hydrogen-bond acceptors (Lipinski definition) is 5. The van der Waals surface area contributed by atoms with Gasteiger partial charge in [0, 0.05) is 25.3 Å². The Bertz CT molecular complexity index is 1050. The fraction of sp³-hybridized carbons (Fsp3) is 0.318. The maximum atomic E-state index is 13.1. The van der Waals surface area contributed by atoms with Gasteiger partial charge in [-0.25, -0.2) is 9.37 Å². The number of carbonyl (C=O) groups is 1. The van der Waals surface area contributed by atoms with Crippen LogP contribution in [0.1, 0.15) is 30.6 Å². The number of halogens is 1. The molecular weight excluding hydrogens is 391 g/mol. The highest BCUT2D eigenvalue weighted by atomic mass is 32.2. The van der Waals surface area contributed by atoms with Gasteiger partial charge in [-0.3, -0.25) is 14.2 Å². The molecule has 152 valence electrons. The Labute approximate surface area is 172 Å². The lowest BCUT2D eigenvalue weighted by Gasteiger charge is -2.16. The first kappa shape index (κ1) is 21.2. The summed E-state index contributed by atoms with van der Waals surface area (Å²) in [5.74, 6) is -0.528. The highest BCUT2D eigenvalue weighted by molar-refractivity contribution is 8.00. The number of rotatable bonds is 9. The molecule has 7 heteroatoms. The van der Waals surface area contributed by atoms with Crippen LogP contribution in [0.4, 0.5) is 4.39 Å². The molecule has 3 rings (SSSR count). The molecule has 0 saturated carbocycles. The Morgan fingerprint density at radius 3 is 2.66 bits per heavy atom. The Balaban J connectivity index is 1.90. The van der Waals surface area contributed by atoms with E-state index in [2.05, 4.69) is 4.98 Å². The van der Waals surface area contributed by atoms with Crippen molar-refractivity contribution in [3.63, 3.8) is 0 Å². The lowest BCUT2D eigenvalue weighted by atomic mass is 10.1. The lowest BCUT2D eigenvalue weighted by molar-refractivity contribution is 0.0993. The predicted molar refractivity (Wildman–Crippen MR) is 113 cm³/mol. The van der Waals surface area contributed by atoms with Crippen LogP contribution < -0.4 is 5.56 Å². The average molecular weight is 415 g/mol. The number of para-hydroxylation sites is 1. The molecule has 1 heterocycles. The molecule has 1 atom stereocenters. The lowest BCUT2D eigenvalue weighted by Crippen LogP contribution is -2.25. The summed E-state index contributed by atoms with van der Waals surface area (Å²) < 4.78 is 20.1. The zero-order valence-corrected chi connectivity index (χ0v) is 17.2. The summed E-state index contributed by atoms with van der Waals surface area (Å²) in [6, 6.07) is 12.7. The Kier molecular flexibility index (Phi) is 7.17. The monoisotopic (exact) mass is 414 g/mol. The van der Waals surface area contributed by atoms with Crippen LogP contribution in [0.15, 0.2) is 58.5 Å². The van der Waals surface area contributed by atoms with Gasteiger partial charge in [-0.1, -0.05) is 23.9 Å². The normalized spacial score (nSPS) is 12.2. The molecule has 0 fully saturated rings. The van der Waals surface area contributed by atoms with Crippen LogP contribution in [0.3, 0.4) is 0 Å². The van der Waals surface area contributed by atoms with Gasteiger partial charge in [-0.05, 0) is 56.7 Å². The van der Waals surface area contributed by atoms with Gasteiger partial charge in [0.15, 0.2) is 10.9 Å². The minimum absolute atomic E-state index is 0.129. The smallest absolute Gasteiger partial charge is 0.262 e. The SMILES string of the molecule is CCOCCCn1c(SC(C)C(=O)c2ccc(F)cc2)nc2ccccc2c1=O. The van der Waals surface area contributed by atoms with Crippen molar-refractivity contribution in [3.8, 4) is 0 Å². The number of hydrogen-bond donors (Lipinski definition) is 0. The van der Waals surface area contributed by atoms with Crippen LogP contribution in [0, 0.1) is 5.82 Å². The van der Waals surface area contributed by atoms with Crippen molar-refractivity contribution in [2.45, 2.75) is 37.2 Å². The number of ketones is 1. The fourth-order valence-electron chi connectivity index (χ4n) is 2.96. The molecule has 0 spiro atoms. The van der Waals surface area contributed by atoms with E-state index < -0.39 is 5.25 Å². The van der Waals surface area contributed by atoms with Crippen molar-refractivity contribution in [2.24, 2.45) is 0 Å². The Hall–Kier alpha value is -2.51. The molecule has 0 amide bonds. The van der Waals surface area contributed by atoms with E-state index in [-0.39, 0.29) is 17.2 Å². The Morgan fingerprint density at radius 2 is 1.93 bits per heavy atom. The first-order valence-corrected chi connectivity index (χ1v) is 10.4. The van der Waals surface area contributed by atoms with Gasteiger partial charge in [0.1, 0.15) is 5.82 Å². The molecular formula is C22H23FN2O3S. The third-order valence-electron chi connectivity index (χ3n) is 4.48. The first-order valence-electron chi connectivity index (χ1n) is 9.55. The van der Waals surface area contributed by atoms with Crippen molar-refractivity contribution in [1.29, 1.82) is 0 Å². The van der Waals surface area contributed by atoms with Gasteiger partial charge in [0.25, 0.3) is 5.56 Å². The third-order valence-corrected chi connectivity index (χ3v) is 5.57. The van der Waals surface area contributed by atoms with Gasteiger partial charge >= 0.3 is 0 Å². The van der Waals surface area contributed by atoms with Crippen LogP contribution >= 0.6 is 11.8 Å². The molecule has 2 aromatic carbocycles. The number of fused-ring (bicyclic) bond motifs is 1. The molecule has 0 N–H and O–H groups in total. The van der Waals surface area contributed by atoms with E-state index >= 15 is 0 Å². The molecule has 1 aromatic heterocycles. The second-order valence-electron chi connectivity index (χ2n) is 6.55. The van der Waals surface area contributed by atoms with Gasteiger partial charge < -0.3 is 4.74 Å². The maximum absolute atomic E-state index is 13.1. The maximum Gasteiger partial charge on any atom is 0.262 e. The molecule has 0 aliphatic carbocycles. The molecule has 0 radical (unpaired) electrons. The summed E-state index contributed by atoms with van der Waals surface area (Å²) in [7, 11) is 0. The molecule has 0 bridgehead atoms. The number of ether oxygens (including phenoxy) is 1. The second-order valence-corrected chi connectivity index (χ2v) is 7.86. The predicted octanol–water partition coefficient (Wildman–Crippen LogP) is 4.33. The summed E-state index contributed by atoms with van der Waals surface area (Å²) in [4.78, 5) is 30.4. The van der Waals surface area contributed by atoms with Gasteiger partial charge in [0.05, 0.1) is 16.2 Å². The summed E-state index contributed by atoms with van der Waals surface area (Å²) in [5.41, 5.74) is 0.899. The van der Waals surface area contributed by atoms with Crippen molar-refractivity contribution >= 4 is 28.4 Å². The third kappa shape index (κ3) is 5.10. The van der Waals surface area contributed by atoms with E-state index in [4.69, 9.17) is 4.74 Å². The summed E-state index contributed by atoms with van der Waals surface area (Å²) in [6.07, 6.45) is 0.668. The minimum Gasteiger partial charge on any atom is -0.382 e. The quantitative estimate of drug-likeness (QED) is 0.226. The molecule has 3 aromatic rings. The molecule has 29 heavy (non-hydrogen) atoms. The molecule has 5 nitrogen and oxygen atoms in total. The van der Waals surface area contributed by atoms with Crippen LogP contribution in [0.25, 0.3) is 10.9 Å². The topological polar surface area (TPSA) is 61.2 Å². The number of Topliss-reactive ketones (excluding diaryl/α,β-unsaturated/α-hetero) is 1. The highest BCUT2D eigenvalue weighted by Gasteiger charge is 2.20. The standard InChI is InChI=1S/C22H23FN2O3S/c1-3-28-14-6-13-25-21(27)18-7-4-5-8-19(18)24-22(25)29-15(2)20(26)16-9-11-17(23)12-10-16/h4-5,7-12,15H,3,6,13-14H2,1-2H3. The summed E-state index contributed by atoms with van der Waals surface area (Å²) >= 11 is 1.24. The largest absolute Gasteiger partial charge is 0.382 e. The fourth-order valence-corrected chi connectivity index (χ4v) is 3.98.